The molecule has 3 heterocycles. The van der Waals surface area contributed by atoms with Gasteiger partial charge in [0, 0.05) is 66.3 Å². The Labute approximate surface area is 161 Å². The van der Waals surface area contributed by atoms with E-state index in [-0.39, 0.29) is 0 Å². The number of aromatic nitrogens is 3. The van der Waals surface area contributed by atoms with Crippen molar-refractivity contribution in [2.45, 2.75) is 12.5 Å². The average Bonchev–Trinajstić information content (AvgIpc) is 2.91. The summed E-state index contributed by atoms with van der Waals surface area (Å²) in [5.41, 5.74) is 1.62. The third kappa shape index (κ3) is 3.61. The summed E-state index contributed by atoms with van der Waals surface area (Å²) in [6.07, 6.45) is 6.06. The third-order valence-electron chi connectivity index (χ3n) is 4.93. The van der Waals surface area contributed by atoms with Gasteiger partial charge in [0.25, 0.3) is 0 Å². The molecule has 1 atom stereocenters. The fourth-order valence-corrected chi connectivity index (χ4v) is 3.85. The van der Waals surface area contributed by atoms with Crippen LogP contribution in [0.1, 0.15) is 18.0 Å². The number of carboxylic acids is 1. The van der Waals surface area contributed by atoms with Gasteiger partial charge >= 0.3 is 5.97 Å². The van der Waals surface area contributed by atoms with Crippen LogP contribution in [0.2, 0.25) is 5.02 Å². The molecule has 8 heteroatoms. The van der Waals surface area contributed by atoms with Gasteiger partial charge in [0.2, 0.25) is 5.95 Å². The molecule has 3 aromatic rings. The lowest BCUT2D eigenvalue weighted by molar-refractivity contribution is -0.143. The van der Waals surface area contributed by atoms with Crippen LogP contribution in [0.25, 0.3) is 10.9 Å². The molecule has 0 radical (unpaired) electrons. The van der Waals surface area contributed by atoms with Crippen LogP contribution < -0.4 is 4.90 Å². The van der Waals surface area contributed by atoms with Crippen LogP contribution in [-0.4, -0.2) is 57.1 Å². The molecule has 2 aromatic heterocycles. The number of hydrogen-bond acceptors (Lipinski definition) is 5. The van der Waals surface area contributed by atoms with Gasteiger partial charge in [-0.15, -0.1) is 0 Å². The molecule has 2 N–H and O–H groups in total. The second-order valence-corrected chi connectivity index (χ2v) is 7.04. The minimum atomic E-state index is -0.861. The van der Waals surface area contributed by atoms with E-state index in [0.29, 0.717) is 30.6 Å². The van der Waals surface area contributed by atoms with E-state index in [1.165, 1.54) is 0 Å². The summed E-state index contributed by atoms with van der Waals surface area (Å²) in [7, 11) is 0. The second kappa shape index (κ2) is 7.54. The molecule has 1 aliphatic heterocycles. The van der Waals surface area contributed by atoms with Crippen LogP contribution in [0.3, 0.4) is 0 Å². The molecule has 0 bridgehead atoms. The Morgan fingerprint density at radius 3 is 2.78 bits per heavy atom. The Morgan fingerprint density at radius 1 is 1.19 bits per heavy atom. The maximum atomic E-state index is 12.2. The van der Waals surface area contributed by atoms with Gasteiger partial charge in [0.05, 0.1) is 0 Å². The first-order valence-corrected chi connectivity index (χ1v) is 9.26. The molecule has 1 saturated heterocycles. The number of carboxylic acid groups (broad SMARTS) is 1. The number of aromatic amines is 1. The smallest absolute Gasteiger partial charge is 0.325 e. The van der Waals surface area contributed by atoms with Crippen LogP contribution in [0.4, 0.5) is 5.95 Å². The van der Waals surface area contributed by atoms with E-state index in [9.17, 15) is 9.90 Å². The quantitative estimate of drug-likeness (QED) is 0.718. The van der Waals surface area contributed by atoms with Gasteiger partial charge in [-0.1, -0.05) is 11.6 Å². The van der Waals surface area contributed by atoms with Crippen molar-refractivity contribution < 1.29 is 9.90 Å². The maximum Gasteiger partial charge on any atom is 0.325 e. The van der Waals surface area contributed by atoms with Crippen molar-refractivity contribution in [2.24, 2.45) is 0 Å². The molecule has 7 nitrogen and oxygen atoms in total. The van der Waals surface area contributed by atoms with Crippen LogP contribution in [0.15, 0.2) is 42.9 Å². The minimum absolute atomic E-state index is 0.593. The van der Waals surface area contributed by atoms with Gasteiger partial charge in [-0.25, -0.2) is 9.97 Å². The van der Waals surface area contributed by atoms with Crippen molar-refractivity contribution in [1.29, 1.82) is 0 Å². The van der Waals surface area contributed by atoms with Gasteiger partial charge in [0.15, 0.2) is 0 Å². The van der Waals surface area contributed by atoms with E-state index in [1.807, 2.05) is 17.0 Å². The van der Waals surface area contributed by atoms with Gasteiger partial charge in [-0.3, -0.25) is 9.69 Å². The standard InChI is InChI=1S/C19H20ClN5O2/c20-13-3-4-16-14(11-13)15(12-23-16)17(18(26)27)24-7-2-8-25(10-9-24)19-21-5-1-6-22-19/h1,3-6,11-12,17,23H,2,7-10H2,(H,26,27)/t17-/m0/s1. The Kier molecular flexibility index (Phi) is 4.96. The fraction of sp³-hybridized carbons (Fsp3) is 0.316. The molecule has 4 rings (SSSR count). The van der Waals surface area contributed by atoms with E-state index >= 15 is 0 Å². The summed E-state index contributed by atoms with van der Waals surface area (Å²) in [5.74, 6) is -0.176. The zero-order valence-corrected chi connectivity index (χ0v) is 15.4. The lowest BCUT2D eigenvalue weighted by atomic mass is 10.0. The Morgan fingerprint density at radius 2 is 2.00 bits per heavy atom. The molecule has 1 aliphatic rings. The van der Waals surface area contributed by atoms with Crippen LogP contribution in [-0.2, 0) is 4.79 Å². The largest absolute Gasteiger partial charge is 0.480 e. The number of nitrogens with zero attached hydrogens (tertiary/aromatic N) is 4. The SMILES string of the molecule is O=C(O)[C@H](c1c[nH]c2ccc(Cl)cc12)N1CCCN(c2ncccn2)CC1. The van der Waals surface area contributed by atoms with Gasteiger partial charge < -0.3 is 15.0 Å². The van der Waals surface area contributed by atoms with Crippen molar-refractivity contribution in [1.82, 2.24) is 19.9 Å². The number of rotatable bonds is 4. The predicted octanol–water partition coefficient (Wildman–Crippen LogP) is 2.95. The highest BCUT2D eigenvalue weighted by Crippen LogP contribution is 2.31. The number of nitrogens with one attached hydrogen (secondary N) is 1. The fourth-order valence-electron chi connectivity index (χ4n) is 3.68. The highest BCUT2D eigenvalue weighted by atomic mass is 35.5. The first-order valence-electron chi connectivity index (χ1n) is 8.89. The van der Waals surface area contributed by atoms with Crippen molar-refractivity contribution >= 4 is 34.4 Å². The molecule has 0 saturated carbocycles. The summed E-state index contributed by atoms with van der Waals surface area (Å²) in [5, 5.41) is 11.4. The summed E-state index contributed by atoms with van der Waals surface area (Å²) in [6, 6.07) is 6.55. The first kappa shape index (κ1) is 17.8. The normalized spacial score (nSPS) is 17.0. The van der Waals surface area contributed by atoms with E-state index in [0.717, 1.165) is 29.4 Å². The van der Waals surface area contributed by atoms with Crippen LogP contribution in [0, 0.1) is 0 Å². The van der Waals surface area contributed by atoms with Crippen molar-refractivity contribution in [3.05, 3.63) is 53.4 Å². The topological polar surface area (TPSA) is 85.4 Å². The maximum absolute atomic E-state index is 12.2. The number of H-pyrrole nitrogens is 1. The van der Waals surface area contributed by atoms with E-state index in [4.69, 9.17) is 11.6 Å². The average molecular weight is 386 g/mol. The molecule has 0 aliphatic carbocycles. The highest BCUT2D eigenvalue weighted by Gasteiger charge is 2.31. The zero-order valence-electron chi connectivity index (χ0n) is 14.7. The molecular formula is C19H20ClN5O2. The molecule has 27 heavy (non-hydrogen) atoms. The Balaban J connectivity index is 1.61. The second-order valence-electron chi connectivity index (χ2n) is 6.60. The molecule has 140 valence electrons. The highest BCUT2D eigenvalue weighted by molar-refractivity contribution is 6.31. The monoisotopic (exact) mass is 385 g/mol. The molecule has 0 amide bonds. The number of hydrogen-bond donors (Lipinski definition) is 2. The Hall–Kier alpha value is -2.64. The van der Waals surface area contributed by atoms with E-state index in [2.05, 4.69) is 19.9 Å². The minimum Gasteiger partial charge on any atom is -0.480 e. The van der Waals surface area contributed by atoms with Gasteiger partial charge in [-0.05, 0) is 30.7 Å². The molecule has 1 aromatic carbocycles. The summed E-state index contributed by atoms with van der Waals surface area (Å²) >= 11 is 6.14. The van der Waals surface area contributed by atoms with Gasteiger partial charge in [0.1, 0.15) is 6.04 Å². The van der Waals surface area contributed by atoms with Crippen molar-refractivity contribution in [3.63, 3.8) is 0 Å². The number of anilines is 1. The molecule has 0 spiro atoms. The zero-order chi connectivity index (χ0) is 18.8. The summed E-state index contributed by atoms with van der Waals surface area (Å²) in [6.45, 7) is 2.78. The van der Waals surface area contributed by atoms with Crippen LogP contribution >= 0.6 is 11.6 Å². The number of benzene rings is 1. The summed E-state index contributed by atoms with van der Waals surface area (Å²) < 4.78 is 0. The lowest BCUT2D eigenvalue weighted by Gasteiger charge is -2.27. The van der Waals surface area contributed by atoms with Gasteiger partial charge in [-0.2, -0.15) is 0 Å². The summed E-state index contributed by atoms with van der Waals surface area (Å²) in [4.78, 5) is 28.1. The number of halogens is 1. The predicted molar refractivity (Wildman–Crippen MR) is 104 cm³/mol. The number of carbonyl (C=O) groups is 1. The van der Waals surface area contributed by atoms with Crippen LogP contribution in [0.5, 0.6) is 0 Å². The number of fused-ring (bicyclic) bond motifs is 1. The molecular weight excluding hydrogens is 366 g/mol. The van der Waals surface area contributed by atoms with E-state index in [1.54, 1.807) is 30.7 Å². The Bertz CT molecular complexity index is 946. The van der Waals surface area contributed by atoms with Crippen molar-refractivity contribution in [3.8, 4) is 0 Å². The lowest BCUT2D eigenvalue weighted by Crippen LogP contribution is -2.37. The number of aliphatic carboxylic acids is 1. The molecule has 0 unspecified atom stereocenters. The van der Waals surface area contributed by atoms with Crippen molar-refractivity contribution in [2.75, 3.05) is 31.1 Å². The third-order valence-corrected chi connectivity index (χ3v) is 5.17. The van der Waals surface area contributed by atoms with E-state index < -0.39 is 12.0 Å². The molecule has 1 fully saturated rings. The first-order chi connectivity index (χ1) is 13.1.